The minimum atomic E-state index is -4.38. The second kappa shape index (κ2) is 5.47. The molecule has 16 heavy (non-hydrogen) atoms. The maximum Gasteiger partial charge on any atom is 0.396 e. The molecule has 1 radical (unpaired) electrons. The first-order valence-electron chi connectivity index (χ1n) is 4.29. The Labute approximate surface area is 118 Å². The molecule has 1 aliphatic rings. The van der Waals surface area contributed by atoms with E-state index in [0.717, 1.165) is 6.08 Å². The molecule has 0 bridgehead atoms. The SMILES string of the molecule is C=C1C(C(F)(F)F)=CC(C)=[C-]N1N(C)C.[Y]. The largest absolute Gasteiger partial charge is 0.396 e. The van der Waals surface area contributed by atoms with Crippen LogP contribution >= 0.6 is 0 Å². The van der Waals surface area contributed by atoms with E-state index >= 15 is 0 Å². The molecule has 0 amide bonds. The Hall–Kier alpha value is -0.126. The Morgan fingerprint density at radius 1 is 1.38 bits per heavy atom. The number of hydrogen-bond donors (Lipinski definition) is 0. The molecule has 0 aromatic heterocycles. The molecular weight excluding hydrogens is 294 g/mol. The van der Waals surface area contributed by atoms with Gasteiger partial charge in [0.25, 0.3) is 0 Å². The van der Waals surface area contributed by atoms with E-state index in [1.54, 1.807) is 21.0 Å². The van der Waals surface area contributed by atoms with Gasteiger partial charge < -0.3 is 5.01 Å². The van der Waals surface area contributed by atoms with Crippen LogP contribution < -0.4 is 0 Å². The third kappa shape index (κ3) is 3.43. The number of hydrogen-bond acceptors (Lipinski definition) is 2. The molecule has 1 aliphatic heterocycles. The summed E-state index contributed by atoms with van der Waals surface area (Å²) in [5.74, 6) is 0. The minimum absolute atomic E-state index is 0. The summed E-state index contributed by atoms with van der Waals surface area (Å²) in [5, 5.41) is 2.74. The standard InChI is InChI=1S/C10H12F3N2.Y/c1-7-5-9(10(11,12)13)8(2)15(6-7)14(3)4;/h5H,2H2,1,3-4H3;/q-1;. The summed E-state index contributed by atoms with van der Waals surface area (Å²) in [6.07, 6.45) is -0.569. The molecule has 0 saturated heterocycles. The maximum atomic E-state index is 12.6. The van der Waals surface area contributed by atoms with Crippen LogP contribution in [0.4, 0.5) is 13.2 Å². The number of alkyl halides is 3. The monoisotopic (exact) mass is 306 g/mol. The first-order valence-corrected chi connectivity index (χ1v) is 4.29. The van der Waals surface area contributed by atoms with E-state index in [2.05, 4.69) is 12.8 Å². The van der Waals surface area contributed by atoms with Gasteiger partial charge in [-0.15, -0.1) is 12.2 Å². The van der Waals surface area contributed by atoms with Gasteiger partial charge in [0, 0.05) is 46.8 Å². The van der Waals surface area contributed by atoms with Gasteiger partial charge in [-0.05, 0) is 11.3 Å². The van der Waals surface area contributed by atoms with Crippen molar-refractivity contribution in [3.63, 3.8) is 0 Å². The third-order valence-electron chi connectivity index (χ3n) is 1.92. The summed E-state index contributed by atoms with van der Waals surface area (Å²) in [7, 11) is 3.26. The quantitative estimate of drug-likeness (QED) is 0.687. The molecule has 6 heteroatoms. The van der Waals surface area contributed by atoms with Crippen molar-refractivity contribution in [2.75, 3.05) is 14.1 Å². The first-order chi connectivity index (χ1) is 6.73. The summed E-state index contributed by atoms with van der Waals surface area (Å²) in [5.41, 5.74) is -0.422. The van der Waals surface area contributed by atoms with Crippen molar-refractivity contribution < 1.29 is 45.9 Å². The molecule has 87 valence electrons. The van der Waals surface area contributed by atoms with Crippen LogP contribution in [0.25, 0.3) is 0 Å². The Morgan fingerprint density at radius 3 is 2.25 bits per heavy atom. The molecule has 0 aliphatic carbocycles. The van der Waals surface area contributed by atoms with E-state index in [9.17, 15) is 13.2 Å². The van der Waals surface area contributed by atoms with E-state index in [4.69, 9.17) is 0 Å². The Balaban J connectivity index is 0.00000225. The first kappa shape index (κ1) is 15.9. The number of halogens is 3. The summed E-state index contributed by atoms with van der Waals surface area (Å²) in [6.45, 7) is 4.98. The van der Waals surface area contributed by atoms with Crippen LogP contribution in [0.5, 0.6) is 0 Å². The van der Waals surface area contributed by atoms with Crippen LogP contribution in [0.15, 0.2) is 29.5 Å². The zero-order chi connectivity index (χ0) is 11.8. The molecular formula is C10H12F3N2Y-. The van der Waals surface area contributed by atoms with Crippen LogP contribution in [0, 0.1) is 6.20 Å². The van der Waals surface area contributed by atoms with Crippen molar-refractivity contribution in [1.82, 2.24) is 10.0 Å². The van der Waals surface area contributed by atoms with Gasteiger partial charge >= 0.3 is 6.18 Å². The molecule has 1 rings (SSSR count). The molecule has 0 N–H and O–H groups in total. The predicted molar refractivity (Wildman–Crippen MR) is 51.2 cm³/mol. The Kier molecular flexibility index (Phi) is 5.43. The smallest absolute Gasteiger partial charge is 0.390 e. The number of rotatable bonds is 1. The predicted octanol–water partition coefficient (Wildman–Crippen LogP) is 2.49. The van der Waals surface area contributed by atoms with Crippen LogP contribution in [0.2, 0.25) is 0 Å². The molecule has 2 nitrogen and oxygen atoms in total. The van der Waals surface area contributed by atoms with Gasteiger partial charge in [-0.2, -0.15) is 19.2 Å². The van der Waals surface area contributed by atoms with Crippen LogP contribution in [0.1, 0.15) is 6.92 Å². The average Bonchev–Trinajstić information content (AvgIpc) is 2.06. The molecule has 0 unspecified atom stereocenters. The molecule has 0 atom stereocenters. The minimum Gasteiger partial charge on any atom is -0.390 e. The molecule has 0 aromatic rings. The topological polar surface area (TPSA) is 6.48 Å². The number of allylic oxidation sites excluding steroid dienone is 3. The molecule has 1 heterocycles. The van der Waals surface area contributed by atoms with Gasteiger partial charge in [0.05, 0.1) is 0 Å². The van der Waals surface area contributed by atoms with Gasteiger partial charge in [-0.25, -0.2) is 5.01 Å². The van der Waals surface area contributed by atoms with Crippen molar-refractivity contribution in [2.45, 2.75) is 13.1 Å². The van der Waals surface area contributed by atoms with Crippen molar-refractivity contribution >= 4 is 0 Å². The van der Waals surface area contributed by atoms with Crippen molar-refractivity contribution in [3.8, 4) is 0 Å². The van der Waals surface area contributed by atoms with Crippen LogP contribution in [-0.2, 0) is 32.7 Å². The molecule has 0 spiro atoms. The third-order valence-corrected chi connectivity index (χ3v) is 1.92. The Morgan fingerprint density at radius 2 is 1.88 bits per heavy atom. The number of nitrogens with zero attached hydrogens (tertiary/aromatic N) is 2. The second-order valence-corrected chi connectivity index (χ2v) is 3.46. The summed E-state index contributed by atoms with van der Waals surface area (Å²) in [4.78, 5) is 0. The van der Waals surface area contributed by atoms with Crippen LogP contribution in [-0.4, -0.2) is 30.3 Å². The normalized spacial score (nSPS) is 16.9. The Bertz CT molecular complexity index is 342. The summed E-state index contributed by atoms with van der Waals surface area (Å²) >= 11 is 0. The second-order valence-electron chi connectivity index (χ2n) is 3.46. The van der Waals surface area contributed by atoms with Gasteiger partial charge in [-0.1, -0.05) is 13.1 Å². The van der Waals surface area contributed by atoms with Gasteiger partial charge in [0.1, 0.15) is 0 Å². The van der Waals surface area contributed by atoms with Crippen molar-refractivity contribution in [2.24, 2.45) is 0 Å². The number of hydrazine groups is 1. The summed E-state index contributed by atoms with van der Waals surface area (Å²) in [6, 6.07) is 0. The molecule has 0 aromatic carbocycles. The zero-order valence-corrected chi connectivity index (χ0v) is 12.2. The van der Waals surface area contributed by atoms with Gasteiger partial charge in [-0.3, -0.25) is 0 Å². The van der Waals surface area contributed by atoms with Crippen LogP contribution in [0.3, 0.4) is 0 Å². The van der Waals surface area contributed by atoms with Crippen molar-refractivity contribution in [3.05, 3.63) is 35.7 Å². The molecule has 0 fully saturated rings. The fraction of sp³-hybridized carbons (Fsp3) is 0.400. The van der Waals surface area contributed by atoms with E-state index < -0.39 is 11.7 Å². The van der Waals surface area contributed by atoms with Gasteiger partial charge in [0.15, 0.2) is 0 Å². The average molecular weight is 306 g/mol. The van der Waals surface area contributed by atoms with E-state index in [1.165, 1.54) is 10.0 Å². The van der Waals surface area contributed by atoms with Gasteiger partial charge in [0.2, 0.25) is 0 Å². The summed E-state index contributed by atoms with van der Waals surface area (Å²) < 4.78 is 37.8. The fourth-order valence-corrected chi connectivity index (χ4v) is 1.27. The fourth-order valence-electron chi connectivity index (χ4n) is 1.27. The van der Waals surface area contributed by atoms with E-state index in [0.29, 0.717) is 5.57 Å². The molecule has 0 saturated carbocycles. The van der Waals surface area contributed by atoms with E-state index in [-0.39, 0.29) is 38.4 Å². The maximum absolute atomic E-state index is 12.6. The van der Waals surface area contributed by atoms with Crippen molar-refractivity contribution in [1.29, 1.82) is 0 Å². The zero-order valence-electron chi connectivity index (χ0n) is 9.39. The van der Waals surface area contributed by atoms with E-state index in [1.807, 2.05) is 0 Å².